The highest BCUT2D eigenvalue weighted by atomic mass is 16.3. The zero-order chi connectivity index (χ0) is 10.2. The van der Waals surface area contributed by atoms with Gasteiger partial charge < -0.3 is 5.11 Å². The molecule has 0 fully saturated rings. The Labute approximate surface area is 83.2 Å². The molecule has 0 spiro atoms. The molecule has 0 radical (unpaired) electrons. The number of aliphatic hydroxyl groups is 1. The molecule has 1 aromatic rings. The van der Waals surface area contributed by atoms with Gasteiger partial charge in [0.05, 0.1) is 5.69 Å². The third-order valence-corrected chi connectivity index (χ3v) is 2.74. The normalized spacial score (nSPS) is 31.6. The van der Waals surface area contributed by atoms with E-state index in [4.69, 9.17) is 0 Å². The van der Waals surface area contributed by atoms with E-state index in [1.807, 2.05) is 26.0 Å². The fourth-order valence-electron chi connectivity index (χ4n) is 1.80. The Bertz CT molecular complexity index is 378. The van der Waals surface area contributed by atoms with E-state index in [1.165, 1.54) is 5.57 Å². The van der Waals surface area contributed by atoms with Crippen molar-refractivity contribution in [1.82, 2.24) is 10.2 Å². The minimum Gasteiger partial charge on any atom is -0.379 e. The summed E-state index contributed by atoms with van der Waals surface area (Å²) < 4.78 is 0. The molecule has 3 heteroatoms. The molecule has 1 aromatic heterocycles. The molecule has 1 aliphatic carbocycles. The number of aromatic nitrogens is 2. The maximum absolute atomic E-state index is 10.4. The summed E-state index contributed by atoms with van der Waals surface area (Å²) in [4.78, 5) is 0. The molecule has 0 aliphatic heterocycles. The average molecular weight is 190 g/mol. The van der Waals surface area contributed by atoms with E-state index in [1.54, 1.807) is 12.3 Å². The van der Waals surface area contributed by atoms with E-state index in [2.05, 4.69) is 16.3 Å². The lowest BCUT2D eigenvalue weighted by Gasteiger charge is -2.31. The molecule has 1 aliphatic rings. The molecule has 0 bridgehead atoms. The number of aromatic amines is 1. The van der Waals surface area contributed by atoms with Gasteiger partial charge in [-0.25, -0.2) is 0 Å². The Morgan fingerprint density at radius 3 is 2.93 bits per heavy atom. The van der Waals surface area contributed by atoms with Gasteiger partial charge >= 0.3 is 0 Å². The van der Waals surface area contributed by atoms with Crippen LogP contribution < -0.4 is 0 Å². The maximum atomic E-state index is 10.4. The predicted octanol–water partition coefficient (Wildman–Crippen LogP) is 1.75. The highest BCUT2D eigenvalue weighted by Crippen LogP contribution is 2.34. The first-order valence-electron chi connectivity index (χ1n) is 4.73. The number of nitrogens with one attached hydrogen (secondary N) is 1. The van der Waals surface area contributed by atoms with E-state index in [0.29, 0.717) is 0 Å². The third kappa shape index (κ3) is 1.30. The van der Waals surface area contributed by atoms with Crippen LogP contribution in [0.25, 0.3) is 0 Å². The van der Waals surface area contributed by atoms with Crippen LogP contribution in [0.3, 0.4) is 0 Å². The van der Waals surface area contributed by atoms with Crippen molar-refractivity contribution in [3.05, 3.63) is 41.8 Å². The second kappa shape index (κ2) is 3.10. The lowest BCUT2D eigenvalue weighted by atomic mass is 9.81. The molecule has 0 saturated heterocycles. The van der Waals surface area contributed by atoms with Gasteiger partial charge in [-0.05, 0) is 19.1 Å². The van der Waals surface area contributed by atoms with Crippen molar-refractivity contribution in [3.8, 4) is 0 Å². The summed E-state index contributed by atoms with van der Waals surface area (Å²) in [5.74, 6) is 0.0629. The summed E-state index contributed by atoms with van der Waals surface area (Å²) in [5, 5.41) is 17.1. The van der Waals surface area contributed by atoms with Crippen molar-refractivity contribution in [3.63, 3.8) is 0 Å². The lowest BCUT2D eigenvalue weighted by molar-refractivity contribution is 0.0453. The summed E-state index contributed by atoms with van der Waals surface area (Å²) in [6, 6.07) is 1.80. The topological polar surface area (TPSA) is 48.9 Å². The van der Waals surface area contributed by atoms with E-state index < -0.39 is 5.60 Å². The number of H-pyrrole nitrogens is 1. The zero-order valence-electron chi connectivity index (χ0n) is 8.36. The van der Waals surface area contributed by atoms with Crippen LogP contribution in [0.4, 0.5) is 0 Å². The van der Waals surface area contributed by atoms with E-state index in [9.17, 15) is 5.11 Å². The number of hydrogen-bond donors (Lipinski definition) is 2. The predicted molar refractivity (Wildman–Crippen MR) is 54.5 cm³/mol. The fraction of sp³-hybridized carbons (Fsp3) is 0.364. The fourth-order valence-corrected chi connectivity index (χ4v) is 1.80. The smallest absolute Gasteiger partial charge is 0.130 e. The second-order valence-corrected chi connectivity index (χ2v) is 3.83. The van der Waals surface area contributed by atoms with Crippen molar-refractivity contribution < 1.29 is 5.11 Å². The van der Waals surface area contributed by atoms with Gasteiger partial charge in [0, 0.05) is 12.1 Å². The van der Waals surface area contributed by atoms with Crippen LogP contribution in [-0.4, -0.2) is 15.3 Å². The monoisotopic (exact) mass is 190 g/mol. The van der Waals surface area contributed by atoms with Gasteiger partial charge in [0.1, 0.15) is 5.60 Å². The van der Waals surface area contributed by atoms with Gasteiger partial charge in [0.15, 0.2) is 0 Å². The SMILES string of the molecule is CC1=CC(C)C(O)(c2ccn[nH]2)C=C1. The summed E-state index contributed by atoms with van der Waals surface area (Å²) in [6.07, 6.45) is 7.46. The van der Waals surface area contributed by atoms with Crippen LogP contribution in [0.1, 0.15) is 19.5 Å². The van der Waals surface area contributed by atoms with E-state index in [-0.39, 0.29) is 5.92 Å². The van der Waals surface area contributed by atoms with Crippen molar-refractivity contribution >= 4 is 0 Å². The second-order valence-electron chi connectivity index (χ2n) is 3.83. The van der Waals surface area contributed by atoms with E-state index >= 15 is 0 Å². The first-order chi connectivity index (χ1) is 6.63. The first-order valence-corrected chi connectivity index (χ1v) is 4.73. The van der Waals surface area contributed by atoms with Crippen molar-refractivity contribution in [1.29, 1.82) is 0 Å². The van der Waals surface area contributed by atoms with Crippen LogP contribution in [0.15, 0.2) is 36.1 Å². The van der Waals surface area contributed by atoms with Gasteiger partial charge in [-0.1, -0.05) is 24.6 Å². The molecule has 3 nitrogen and oxygen atoms in total. The average Bonchev–Trinajstić information content (AvgIpc) is 2.65. The van der Waals surface area contributed by atoms with Gasteiger partial charge in [-0.15, -0.1) is 0 Å². The molecule has 2 atom stereocenters. The number of rotatable bonds is 1. The van der Waals surface area contributed by atoms with Crippen molar-refractivity contribution in [2.24, 2.45) is 5.92 Å². The molecule has 1 heterocycles. The van der Waals surface area contributed by atoms with Crippen molar-refractivity contribution in [2.75, 3.05) is 0 Å². The Morgan fingerprint density at radius 2 is 2.36 bits per heavy atom. The lowest BCUT2D eigenvalue weighted by Crippen LogP contribution is -2.32. The van der Waals surface area contributed by atoms with Crippen LogP contribution in [0.2, 0.25) is 0 Å². The molecule has 0 saturated carbocycles. The Balaban J connectivity index is 2.39. The zero-order valence-corrected chi connectivity index (χ0v) is 8.36. The summed E-state index contributed by atoms with van der Waals surface area (Å²) in [6.45, 7) is 4.02. The minimum atomic E-state index is -0.935. The van der Waals surface area contributed by atoms with Gasteiger partial charge in [0.25, 0.3) is 0 Å². The molecule has 2 rings (SSSR count). The third-order valence-electron chi connectivity index (χ3n) is 2.74. The molecule has 2 N–H and O–H groups in total. The van der Waals surface area contributed by atoms with Crippen molar-refractivity contribution in [2.45, 2.75) is 19.4 Å². The number of allylic oxidation sites excluding steroid dienone is 2. The standard InChI is InChI=1S/C11H14N2O/c1-8-3-5-11(14,9(2)7-8)10-4-6-12-13-10/h3-7,9,14H,1-2H3,(H,12,13). The molecule has 0 aromatic carbocycles. The molecular formula is C11H14N2O. The minimum absolute atomic E-state index is 0.0629. The van der Waals surface area contributed by atoms with Crippen LogP contribution in [-0.2, 0) is 5.60 Å². The van der Waals surface area contributed by atoms with Crippen LogP contribution in [0.5, 0.6) is 0 Å². The van der Waals surface area contributed by atoms with Crippen LogP contribution >= 0.6 is 0 Å². The molecular weight excluding hydrogens is 176 g/mol. The molecule has 2 unspecified atom stereocenters. The molecule has 14 heavy (non-hydrogen) atoms. The summed E-state index contributed by atoms with van der Waals surface area (Å²) in [7, 11) is 0. The quantitative estimate of drug-likeness (QED) is 0.708. The number of hydrogen-bond acceptors (Lipinski definition) is 2. The first kappa shape index (κ1) is 9.21. The van der Waals surface area contributed by atoms with Gasteiger partial charge in [-0.2, -0.15) is 5.10 Å². The number of nitrogens with zero attached hydrogens (tertiary/aromatic N) is 1. The van der Waals surface area contributed by atoms with E-state index in [0.717, 1.165) is 5.69 Å². The highest BCUT2D eigenvalue weighted by molar-refractivity contribution is 5.33. The molecule has 0 amide bonds. The summed E-state index contributed by atoms with van der Waals surface area (Å²) >= 11 is 0. The Kier molecular flexibility index (Phi) is 2.04. The molecule has 74 valence electrons. The van der Waals surface area contributed by atoms with Crippen LogP contribution in [0, 0.1) is 5.92 Å². The van der Waals surface area contributed by atoms with Gasteiger partial charge in [0.2, 0.25) is 0 Å². The summed E-state index contributed by atoms with van der Waals surface area (Å²) in [5.41, 5.74) is 0.988. The Morgan fingerprint density at radius 1 is 1.57 bits per heavy atom. The maximum Gasteiger partial charge on any atom is 0.130 e. The van der Waals surface area contributed by atoms with Gasteiger partial charge in [-0.3, -0.25) is 5.10 Å². The Hall–Kier alpha value is -1.35. The largest absolute Gasteiger partial charge is 0.379 e. The highest BCUT2D eigenvalue weighted by Gasteiger charge is 2.34.